The predicted octanol–water partition coefficient (Wildman–Crippen LogP) is 0.729. The molecule has 0 radical (unpaired) electrons. The molecule has 0 aliphatic carbocycles. The molecule has 0 spiro atoms. The van der Waals surface area contributed by atoms with Gasteiger partial charge in [-0.3, -0.25) is 4.68 Å². The van der Waals surface area contributed by atoms with Crippen molar-refractivity contribution in [3.63, 3.8) is 0 Å². The Morgan fingerprint density at radius 3 is 2.86 bits per heavy atom. The van der Waals surface area contributed by atoms with Crippen LogP contribution in [0.2, 0.25) is 0 Å². The lowest BCUT2D eigenvalue weighted by molar-refractivity contribution is 0.740. The number of aromatic nitrogens is 2. The average molecular weight is 97.1 g/mol. The topological polar surface area (TPSA) is 17.8 Å². The van der Waals surface area contributed by atoms with E-state index in [0.717, 1.165) is 5.69 Å². The lowest BCUT2D eigenvalue weighted by Crippen LogP contribution is -1.90. The van der Waals surface area contributed by atoms with Gasteiger partial charge in [-0.1, -0.05) is 0 Å². The minimum Gasteiger partial charge on any atom is -0.273 e. The van der Waals surface area contributed by atoms with Crippen molar-refractivity contribution in [3.05, 3.63) is 17.9 Å². The first kappa shape index (κ1) is 3.24. The maximum Gasteiger partial charge on any atom is 0.0659 e. The smallest absolute Gasteiger partial charge is 0.0659 e. The molecule has 0 saturated heterocycles. The van der Waals surface area contributed by atoms with Crippen LogP contribution in [0.3, 0.4) is 0 Å². The Morgan fingerprint density at radius 1 is 2.00 bits per heavy atom. The first-order valence-corrected chi connectivity index (χ1v) is 2.17. The first-order chi connectivity index (χ1) is 3.72. The molecule has 1 rings (SSSR count). The number of hydrogen-bond acceptors (Lipinski definition) is 1. The van der Waals surface area contributed by atoms with Crippen molar-refractivity contribution in [1.29, 1.82) is 0 Å². The number of hydrogen-bond donors (Lipinski definition) is 0. The summed E-state index contributed by atoms with van der Waals surface area (Å²) in [5, 5.41) is 3.84. The maximum atomic E-state index is 7.16. The fraction of sp³-hybridized carbons (Fsp3) is 0.400. The zero-order valence-corrected chi connectivity index (χ0v) is 4.47. The van der Waals surface area contributed by atoms with Crippen LogP contribution < -0.4 is 0 Å². The Labute approximate surface area is 44.2 Å². The molecule has 7 heavy (non-hydrogen) atoms. The second kappa shape index (κ2) is 1.37. The summed E-state index contributed by atoms with van der Waals surface area (Å²) in [6.45, 7) is 1.87. The van der Waals surface area contributed by atoms with E-state index in [2.05, 4.69) is 5.10 Å². The molecule has 2 heteroatoms. The van der Waals surface area contributed by atoms with Gasteiger partial charge < -0.3 is 0 Å². The van der Waals surface area contributed by atoms with Gasteiger partial charge in [0.05, 0.1) is 1.37 Å². The van der Waals surface area contributed by atoms with E-state index in [1.165, 1.54) is 6.20 Å². The van der Waals surface area contributed by atoms with Gasteiger partial charge in [-0.2, -0.15) is 5.10 Å². The van der Waals surface area contributed by atoms with Crippen molar-refractivity contribution in [2.45, 2.75) is 6.92 Å². The highest BCUT2D eigenvalue weighted by Crippen LogP contribution is 1.88. The first-order valence-electron chi connectivity index (χ1n) is 2.67. The summed E-state index contributed by atoms with van der Waals surface area (Å²) in [5.74, 6) is 0. The normalized spacial score (nSPS) is 11.4. The highest BCUT2D eigenvalue weighted by Gasteiger charge is 1.83. The molecule has 38 valence electrons. The van der Waals surface area contributed by atoms with Crippen molar-refractivity contribution in [3.8, 4) is 0 Å². The summed E-state index contributed by atoms with van der Waals surface area (Å²) in [6, 6.07) is 0.507. The largest absolute Gasteiger partial charge is 0.273 e. The number of aryl methyl sites for hydroxylation is 1. The molecule has 0 aliphatic rings. The van der Waals surface area contributed by atoms with Crippen molar-refractivity contribution in [2.24, 2.45) is 7.05 Å². The van der Waals surface area contributed by atoms with Crippen LogP contribution in [-0.2, 0) is 7.05 Å². The van der Waals surface area contributed by atoms with E-state index in [0.29, 0.717) is 6.04 Å². The van der Waals surface area contributed by atoms with E-state index in [9.17, 15) is 0 Å². The molecule has 0 atom stereocenters. The molecule has 0 fully saturated rings. The van der Waals surface area contributed by atoms with Crippen molar-refractivity contribution in [2.75, 3.05) is 0 Å². The maximum absolute atomic E-state index is 7.16. The lowest BCUT2D eigenvalue weighted by Gasteiger charge is -1.87. The van der Waals surface area contributed by atoms with Gasteiger partial charge in [0.25, 0.3) is 0 Å². The third kappa shape index (κ3) is 0.633. The lowest BCUT2D eigenvalue weighted by atomic mass is 10.5. The van der Waals surface area contributed by atoms with Gasteiger partial charge in [0, 0.05) is 18.9 Å². The Kier molecular flexibility index (Phi) is 0.635. The molecular weight excluding hydrogens is 88.1 g/mol. The van der Waals surface area contributed by atoms with Crippen LogP contribution in [0.1, 0.15) is 7.06 Å². The van der Waals surface area contributed by atoms with Crippen LogP contribution in [-0.4, -0.2) is 9.78 Å². The van der Waals surface area contributed by atoms with Gasteiger partial charge in [-0.25, -0.2) is 0 Å². The summed E-state index contributed by atoms with van der Waals surface area (Å²) in [5.41, 5.74) is 0.907. The number of rotatable bonds is 0. The monoisotopic (exact) mass is 97.1 g/mol. The summed E-state index contributed by atoms with van der Waals surface area (Å²) in [6.07, 6.45) is 1.54. The Hall–Kier alpha value is -0.790. The standard InChI is InChI=1S/C5H8N2/c1-5-3-4-6-7(5)2/h3-4H,1-2H3/i3D. The Balaban J connectivity index is 3.19. The fourth-order valence-corrected chi connectivity index (χ4v) is 0.389. The molecular formula is C5H8N2. The molecule has 0 N–H and O–H groups in total. The van der Waals surface area contributed by atoms with Gasteiger partial charge in [-0.05, 0) is 13.0 Å². The molecule has 0 saturated carbocycles. The molecule has 0 aromatic carbocycles. The van der Waals surface area contributed by atoms with Crippen LogP contribution in [0, 0.1) is 6.92 Å². The van der Waals surface area contributed by atoms with Crippen LogP contribution in [0.5, 0.6) is 0 Å². The average Bonchev–Trinajstić information content (AvgIpc) is 1.98. The fourth-order valence-electron chi connectivity index (χ4n) is 0.389. The van der Waals surface area contributed by atoms with E-state index in [1.54, 1.807) is 4.68 Å². The molecule has 1 aromatic heterocycles. The van der Waals surface area contributed by atoms with E-state index in [4.69, 9.17) is 1.37 Å². The second-order valence-corrected chi connectivity index (χ2v) is 1.50. The third-order valence-corrected chi connectivity index (χ3v) is 0.990. The highest BCUT2D eigenvalue weighted by atomic mass is 15.2. The van der Waals surface area contributed by atoms with E-state index in [-0.39, 0.29) is 0 Å². The van der Waals surface area contributed by atoms with Crippen molar-refractivity contribution < 1.29 is 1.37 Å². The molecule has 0 aliphatic heterocycles. The quantitative estimate of drug-likeness (QED) is 0.466. The number of nitrogens with zero attached hydrogens (tertiary/aromatic N) is 2. The molecule has 0 unspecified atom stereocenters. The van der Waals surface area contributed by atoms with E-state index in [1.807, 2.05) is 14.0 Å². The van der Waals surface area contributed by atoms with Gasteiger partial charge in [0.2, 0.25) is 0 Å². The Bertz CT molecular complexity index is 173. The van der Waals surface area contributed by atoms with Gasteiger partial charge in [-0.15, -0.1) is 0 Å². The molecule has 1 aromatic rings. The summed E-state index contributed by atoms with van der Waals surface area (Å²) >= 11 is 0. The zero-order valence-electron chi connectivity index (χ0n) is 5.47. The SMILES string of the molecule is [2H]c1cnn(C)c1C. The van der Waals surface area contributed by atoms with Crippen molar-refractivity contribution in [1.82, 2.24) is 9.78 Å². The van der Waals surface area contributed by atoms with Gasteiger partial charge >= 0.3 is 0 Å². The van der Waals surface area contributed by atoms with Gasteiger partial charge in [0.1, 0.15) is 0 Å². The molecule has 0 amide bonds. The summed E-state index contributed by atoms with van der Waals surface area (Å²) < 4.78 is 8.84. The highest BCUT2D eigenvalue weighted by molar-refractivity contribution is 4.94. The minimum atomic E-state index is 0.507. The van der Waals surface area contributed by atoms with E-state index >= 15 is 0 Å². The molecule has 2 nitrogen and oxygen atoms in total. The predicted molar refractivity (Wildman–Crippen MR) is 27.9 cm³/mol. The Morgan fingerprint density at radius 2 is 2.71 bits per heavy atom. The van der Waals surface area contributed by atoms with E-state index < -0.39 is 0 Å². The van der Waals surface area contributed by atoms with Crippen LogP contribution in [0.15, 0.2) is 12.2 Å². The zero-order chi connectivity index (χ0) is 6.15. The van der Waals surface area contributed by atoms with Crippen LogP contribution in [0.25, 0.3) is 0 Å². The van der Waals surface area contributed by atoms with Crippen molar-refractivity contribution >= 4 is 0 Å². The van der Waals surface area contributed by atoms with Crippen LogP contribution >= 0.6 is 0 Å². The van der Waals surface area contributed by atoms with Crippen LogP contribution in [0.4, 0.5) is 0 Å². The third-order valence-electron chi connectivity index (χ3n) is 0.990. The summed E-state index contributed by atoms with van der Waals surface area (Å²) in [4.78, 5) is 0. The second-order valence-electron chi connectivity index (χ2n) is 1.50. The molecule has 1 heterocycles. The minimum absolute atomic E-state index is 0.507. The molecule has 0 bridgehead atoms. The summed E-state index contributed by atoms with van der Waals surface area (Å²) in [7, 11) is 1.83. The van der Waals surface area contributed by atoms with Gasteiger partial charge in [0.15, 0.2) is 0 Å².